The fraction of sp³-hybridized carbons (Fsp3) is 0.400. The van der Waals surface area contributed by atoms with Gasteiger partial charge in [0.2, 0.25) is 0 Å². The number of phenolic OH excluding ortho intramolecular Hbond substituents is 1. The maximum absolute atomic E-state index is 11.7. The zero-order valence-corrected chi connectivity index (χ0v) is 14.7. The van der Waals surface area contributed by atoms with Crippen LogP contribution in [0.2, 0.25) is 0 Å². The van der Waals surface area contributed by atoms with Crippen molar-refractivity contribution < 1.29 is 60.2 Å². The van der Waals surface area contributed by atoms with Gasteiger partial charge in [-0.1, -0.05) is 13.3 Å². The Morgan fingerprint density at radius 2 is 1.85 bits per heavy atom. The van der Waals surface area contributed by atoms with Crippen LogP contribution in [0, 0.1) is 0 Å². The van der Waals surface area contributed by atoms with Crippen LogP contribution in [0.3, 0.4) is 0 Å². The van der Waals surface area contributed by atoms with Crippen molar-refractivity contribution in [1.82, 2.24) is 0 Å². The molecule has 0 aliphatic heterocycles. The average molecular weight is 332 g/mol. The van der Waals surface area contributed by atoms with Gasteiger partial charge in [-0.25, -0.2) is 8.42 Å². The van der Waals surface area contributed by atoms with E-state index >= 15 is 0 Å². The van der Waals surface area contributed by atoms with Gasteiger partial charge in [0.05, 0.1) is 16.4 Å². The van der Waals surface area contributed by atoms with Crippen LogP contribution in [-0.4, -0.2) is 33.1 Å². The molecule has 0 aliphatic carbocycles. The molecule has 1 aromatic carbocycles. The van der Waals surface area contributed by atoms with Crippen molar-refractivity contribution in [2.75, 3.05) is 6.61 Å². The molecular formula is C10H13NaO7S2. The molecule has 108 valence electrons. The summed E-state index contributed by atoms with van der Waals surface area (Å²) in [7, 11) is -9.11. The molecule has 0 spiro atoms. The van der Waals surface area contributed by atoms with Crippen LogP contribution in [0.5, 0.6) is 5.75 Å². The van der Waals surface area contributed by atoms with E-state index < -0.39 is 35.8 Å². The Morgan fingerprint density at radius 1 is 1.25 bits per heavy atom. The first kappa shape index (κ1) is 19.8. The summed E-state index contributed by atoms with van der Waals surface area (Å²) >= 11 is 0. The van der Waals surface area contributed by atoms with E-state index in [0.29, 0.717) is 12.5 Å². The van der Waals surface area contributed by atoms with E-state index in [-0.39, 0.29) is 36.2 Å². The first-order valence-corrected chi connectivity index (χ1v) is 8.18. The van der Waals surface area contributed by atoms with Crippen LogP contribution in [0.4, 0.5) is 0 Å². The molecule has 10 heteroatoms. The van der Waals surface area contributed by atoms with E-state index in [1.54, 1.807) is 0 Å². The van der Waals surface area contributed by atoms with Gasteiger partial charge in [-0.15, -0.1) is 0 Å². The van der Waals surface area contributed by atoms with Gasteiger partial charge in [-0.2, -0.15) is 8.42 Å². The molecule has 0 unspecified atom stereocenters. The fourth-order valence-electron chi connectivity index (χ4n) is 1.23. The number of hydrogen-bond donors (Lipinski definition) is 1. The number of hydrogen-bond acceptors (Lipinski definition) is 7. The molecule has 20 heavy (non-hydrogen) atoms. The summed E-state index contributed by atoms with van der Waals surface area (Å²) in [6.07, 6.45) is 1.25. The number of rotatable bonds is 6. The summed E-state index contributed by atoms with van der Waals surface area (Å²) in [5.41, 5.74) is 0. The van der Waals surface area contributed by atoms with Crippen molar-refractivity contribution in [1.29, 1.82) is 0 Å². The standard InChI is InChI=1S/C10H14O7S2.Na/c1-2-3-6-17-19(15,16)8-4-5-9(11)10(7-8)18(12,13)14;/h4-5,7,11H,2-3,6H2,1H3,(H,12,13,14);/q;+1/p-1. The summed E-state index contributed by atoms with van der Waals surface area (Å²) in [6.45, 7) is 1.80. The Hall–Kier alpha value is -0.160. The van der Waals surface area contributed by atoms with Gasteiger partial charge >= 0.3 is 29.6 Å². The Kier molecular flexibility index (Phi) is 7.67. The Morgan fingerprint density at radius 3 is 2.35 bits per heavy atom. The van der Waals surface area contributed by atoms with Gasteiger partial charge in [-0.05, 0) is 24.6 Å². The number of phenols is 1. The second-order valence-electron chi connectivity index (χ2n) is 3.71. The molecule has 1 N–H and O–H groups in total. The molecule has 0 saturated carbocycles. The summed E-state index contributed by atoms with van der Waals surface area (Å²) < 4.78 is 60.6. The molecule has 0 aromatic heterocycles. The zero-order chi connectivity index (χ0) is 14.7. The van der Waals surface area contributed by atoms with Gasteiger partial charge in [0.25, 0.3) is 10.1 Å². The molecule has 1 rings (SSSR count). The third kappa shape index (κ3) is 5.32. The van der Waals surface area contributed by atoms with E-state index in [1.807, 2.05) is 6.92 Å². The van der Waals surface area contributed by atoms with Crippen LogP contribution >= 0.6 is 0 Å². The molecule has 0 aliphatic rings. The maximum atomic E-state index is 11.7. The summed E-state index contributed by atoms with van der Waals surface area (Å²) in [5.74, 6) is -0.803. The first-order valence-electron chi connectivity index (χ1n) is 5.37. The van der Waals surface area contributed by atoms with E-state index in [2.05, 4.69) is 4.18 Å². The normalized spacial score (nSPS) is 11.9. The van der Waals surface area contributed by atoms with Crippen molar-refractivity contribution in [3.8, 4) is 5.75 Å². The van der Waals surface area contributed by atoms with Gasteiger partial charge in [-0.3, -0.25) is 4.18 Å². The third-order valence-corrected chi connectivity index (χ3v) is 4.40. The first-order chi connectivity index (χ1) is 8.68. The average Bonchev–Trinajstić information content (AvgIpc) is 2.27. The van der Waals surface area contributed by atoms with Crippen molar-refractivity contribution in [3.05, 3.63) is 18.2 Å². The van der Waals surface area contributed by atoms with Crippen LogP contribution in [0.1, 0.15) is 19.8 Å². The van der Waals surface area contributed by atoms with Crippen LogP contribution in [0.25, 0.3) is 0 Å². The van der Waals surface area contributed by atoms with E-state index in [0.717, 1.165) is 18.6 Å². The van der Waals surface area contributed by atoms with Gasteiger partial charge in [0.1, 0.15) is 15.9 Å². The van der Waals surface area contributed by atoms with Crippen molar-refractivity contribution in [2.24, 2.45) is 0 Å². The Balaban J connectivity index is 0.00000361. The van der Waals surface area contributed by atoms with Gasteiger partial charge in [0.15, 0.2) is 0 Å². The van der Waals surface area contributed by atoms with Crippen LogP contribution in [-0.2, 0) is 24.4 Å². The molecule has 0 atom stereocenters. The molecule has 0 saturated heterocycles. The second-order valence-corrected chi connectivity index (χ2v) is 6.68. The molecule has 7 nitrogen and oxygen atoms in total. The SMILES string of the molecule is CCCCOS(=O)(=O)c1ccc(O)c(S(=O)(=O)[O-])c1.[Na+]. The molecular weight excluding hydrogens is 319 g/mol. The summed E-state index contributed by atoms with van der Waals surface area (Å²) in [5, 5.41) is 9.24. The van der Waals surface area contributed by atoms with E-state index in [4.69, 9.17) is 0 Å². The Labute approximate surface area is 140 Å². The maximum Gasteiger partial charge on any atom is 1.00 e. The molecule has 0 amide bonds. The number of benzene rings is 1. The molecule has 0 radical (unpaired) electrons. The fourth-order valence-corrected chi connectivity index (χ4v) is 2.87. The van der Waals surface area contributed by atoms with Gasteiger partial charge in [0, 0.05) is 0 Å². The van der Waals surface area contributed by atoms with Crippen LogP contribution in [0.15, 0.2) is 28.0 Å². The smallest absolute Gasteiger partial charge is 0.744 e. The van der Waals surface area contributed by atoms with E-state index in [1.165, 1.54) is 0 Å². The van der Waals surface area contributed by atoms with E-state index in [9.17, 15) is 26.5 Å². The molecule has 0 bridgehead atoms. The van der Waals surface area contributed by atoms with Crippen molar-refractivity contribution in [3.63, 3.8) is 0 Å². The minimum atomic E-state index is -4.96. The second kappa shape index (κ2) is 7.74. The predicted octanol–water partition coefficient (Wildman–Crippen LogP) is -2.19. The number of aromatic hydroxyl groups is 1. The quantitative estimate of drug-likeness (QED) is 0.272. The molecule has 0 fully saturated rings. The Bertz CT molecular complexity index is 652. The summed E-state index contributed by atoms with van der Waals surface area (Å²) in [6, 6.07) is 2.37. The predicted molar refractivity (Wildman–Crippen MR) is 64.1 cm³/mol. The topological polar surface area (TPSA) is 121 Å². The largest absolute Gasteiger partial charge is 1.00 e. The van der Waals surface area contributed by atoms with Crippen LogP contribution < -0.4 is 29.6 Å². The van der Waals surface area contributed by atoms with Gasteiger partial charge < -0.3 is 9.66 Å². The summed E-state index contributed by atoms with van der Waals surface area (Å²) in [4.78, 5) is -1.48. The van der Waals surface area contributed by atoms with Crippen molar-refractivity contribution in [2.45, 2.75) is 29.6 Å². The minimum Gasteiger partial charge on any atom is -0.744 e. The molecule has 0 heterocycles. The third-order valence-electron chi connectivity index (χ3n) is 2.23. The number of unbranched alkanes of at least 4 members (excludes halogenated alkanes) is 1. The zero-order valence-electron chi connectivity index (χ0n) is 11.1. The molecule has 1 aromatic rings. The van der Waals surface area contributed by atoms with Crippen molar-refractivity contribution >= 4 is 20.2 Å². The minimum absolute atomic E-state index is 0. The monoisotopic (exact) mass is 332 g/mol.